The van der Waals surface area contributed by atoms with Crippen LogP contribution in [0.25, 0.3) is 0 Å². The number of anilines is 1. The highest BCUT2D eigenvalue weighted by Crippen LogP contribution is 2.20. The van der Waals surface area contributed by atoms with Crippen molar-refractivity contribution in [3.63, 3.8) is 0 Å². The summed E-state index contributed by atoms with van der Waals surface area (Å²) < 4.78 is 0. The molecule has 2 atom stereocenters. The van der Waals surface area contributed by atoms with Crippen molar-refractivity contribution in [1.82, 2.24) is 20.9 Å². The Morgan fingerprint density at radius 1 is 1.54 bits per heavy atom. The summed E-state index contributed by atoms with van der Waals surface area (Å²) in [5, 5.41) is 15.3. The predicted octanol–water partition coefficient (Wildman–Crippen LogP) is -0.909. The van der Waals surface area contributed by atoms with Crippen LogP contribution in [0.4, 0.5) is 5.13 Å². The van der Waals surface area contributed by atoms with Gasteiger partial charge in [0, 0.05) is 17.7 Å². The molecule has 2 heterocycles. The number of nitrogens with one attached hydrogen (secondary N) is 4. The van der Waals surface area contributed by atoms with Crippen molar-refractivity contribution < 1.29 is 24.0 Å². The Balaban J connectivity index is 2.01. The zero-order chi connectivity index (χ0) is 20.5. The summed E-state index contributed by atoms with van der Waals surface area (Å²) in [6.45, 7) is 0.438. The lowest BCUT2D eigenvalue weighted by molar-refractivity contribution is -0.132. The van der Waals surface area contributed by atoms with E-state index >= 15 is 0 Å². The Hall–Kier alpha value is -2.38. The Morgan fingerprint density at radius 3 is 2.96 bits per heavy atom. The maximum Gasteiger partial charge on any atom is 0.276 e. The fraction of sp³-hybridized carbons (Fsp3) is 0.429. The van der Waals surface area contributed by atoms with Gasteiger partial charge < -0.3 is 26.1 Å². The number of halogens is 1. The highest BCUT2D eigenvalue weighted by Gasteiger charge is 2.41. The van der Waals surface area contributed by atoms with Gasteiger partial charge in [-0.3, -0.25) is 19.2 Å². The van der Waals surface area contributed by atoms with Crippen molar-refractivity contribution in [1.29, 1.82) is 0 Å². The van der Waals surface area contributed by atoms with Crippen LogP contribution < -0.4 is 21.3 Å². The topological polar surface area (TPSA) is 151 Å². The van der Waals surface area contributed by atoms with Crippen LogP contribution in [0.5, 0.6) is 0 Å². The summed E-state index contributed by atoms with van der Waals surface area (Å²) in [7, 11) is 1.27. The molecule has 14 heteroatoms. The summed E-state index contributed by atoms with van der Waals surface area (Å²) in [5.74, 6) is -1.09. The van der Waals surface area contributed by atoms with E-state index in [9.17, 15) is 19.2 Å². The normalized spacial score (nSPS) is 18.5. The molecule has 28 heavy (non-hydrogen) atoms. The van der Waals surface area contributed by atoms with Crippen LogP contribution in [0.2, 0.25) is 0 Å². The van der Waals surface area contributed by atoms with Gasteiger partial charge >= 0.3 is 0 Å². The summed E-state index contributed by atoms with van der Waals surface area (Å²) in [6.07, 6.45) is 0.588. The van der Waals surface area contributed by atoms with E-state index in [1.807, 2.05) is 0 Å². The van der Waals surface area contributed by atoms with Crippen molar-refractivity contribution in [2.75, 3.05) is 30.6 Å². The van der Waals surface area contributed by atoms with Crippen molar-refractivity contribution in [3.05, 3.63) is 11.1 Å². The SMILES string of the molecule is CON=C(C(=O)NC1C(=O)NC1SCCNC=O)c1csc(NC(=O)CCl)n1. The molecule has 4 N–H and O–H groups in total. The summed E-state index contributed by atoms with van der Waals surface area (Å²) >= 11 is 7.89. The van der Waals surface area contributed by atoms with Crippen molar-refractivity contribution in [3.8, 4) is 0 Å². The number of alkyl halides is 1. The smallest absolute Gasteiger partial charge is 0.276 e. The van der Waals surface area contributed by atoms with Gasteiger partial charge in [0.15, 0.2) is 10.8 Å². The van der Waals surface area contributed by atoms with E-state index in [-0.39, 0.29) is 33.7 Å². The molecule has 4 amide bonds. The van der Waals surface area contributed by atoms with E-state index in [0.717, 1.165) is 11.3 Å². The molecule has 1 aliphatic heterocycles. The molecule has 1 aromatic heterocycles. The first-order chi connectivity index (χ1) is 13.5. The van der Waals surface area contributed by atoms with Gasteiger partial charge in [-0.25, -0.2) is 4.98 Å². The standard InChI is InChI=1S/C14H17ClN6O5S2/c1-26-21-9(7-5-28-14(17-7)18-8(23)4-15)11(24)19-10-12(25)20-13(10)27-3-2-16-6-22/h5-6,10,13H,2-4H2,1H3,(H,16,22)(H,19,24)(H,20,25)(H,17,18,23). The lowest BCUT2D eigenvalue weighted by atomic mass is 10.1. The second-order valence-electron chi connectivity index (χ2n) is 5.17. The van der Waals surface area contributed by atoms with E-state index in [0.29, 0.717) is 18.7 Å². The minimum Gasteiger partial charge on any atom is -0.398 e. The monoisotopic (exact) mass is 448 g/mol. The van der Waals surface area contributed by atoms with Crippen LogP contribution in [0, 0.1) is 0 Å². The van der Waals surface area contributed by atoms with E-state index in [1.54, 1.807) is 0 Å². The second-order valence-corrected chi connectivity index (χ2v) is 7.54. The van der Waals surface area contributed by atoms with Gasteiger partial charge in [-0.2, -0.15) is 0 Å². The molecule has 0 saturated carbocycles. The maximum atomic E-state index is 12.6. The number of nitrogens with zero attached hydrogens (tertiary/aromatic N) is 2. The highest BCUT2D eigenvalue weighted by molar-refractivity contribution is 8.00. The molecule has 2 rings (SSSR count). The van der Waals surface area contributed by atoms with Crippen LogP contribution in [0.15, 0.2) is 10.5 Å². The maximum absolute atomic E-state index is 12.6. The quantitative estimate of drug-likeness (QED) is 0.0854. The third-order valence-electron chi connectivity index (χ3n) is 3.30. The second kappa shape index (κ2) is 10.8. The van der Waals surface area contributed by atoms with Crippen LogP contribution in [-0.4, -0.2) is 71.5 Å². The first kappa shape index (κ1) is 21.9. The minimum atomic E-state index is -0.759. The molecule has 0 aliphatic carbocycles. The fourth-order valence-electron chi connectivity index (χ4n) is 2.04. The molecule has 0 aromatic carbocycles. The van der Waals surface area contributed by atoms with E-state index < -0.39 is 17.9 Å². The Morgan fingerprint density at radius 2 is 2.32 bits per heavy atom. The molecule has 1 saturated heterocycles. The molecule has 1 fully saturated rings. The molecule has 0 bridgehead atoms. The van der Waals surface area contributed by atoms with Crippen LogP contribution in [0.1, 0.15) is 5.69 Å². The molecule has 0 spiro atoms. The molecule has 2 unspecified atom stereocenters. The van der Waals surface area contributed by atoms with Gasteiger partial charge in [0.2, 0.25) is 18.2 Å². The van der Waals surface area contributed by atoms with Gasteiger partial charge in [-0.15, -0.1) is 34.7 Å². The molecule has 1 aromatic rings. The summed E-state index contributed by atoms with van der Waals surface area (Å²) in [4.78, 5) is 54.7. The molecule has 1 aliphatic rings. The third kappa shape index (κ3) is 5.81. The average Bonchev–Trinajstić information content (AvgIpc) is 3.14. The minimum absolute atomic E-state index is 0.142. The number of β-lactam (4-membered cyclic amide) rings is 1. The van der Waals surface area contributed by atoms with Gasteiger partial charge in [-0.05, 0) is 0 Å². The Bertz CT molecular complexity index is 773. The fourth-order valence-corrected chi connectivity index (χ4v) is 3.89. The molecular weight excluding hydrogens is 432 g/mol. The third-order valence-corrected chi connectivity index (χ3v) is 5.49. The average molecular weight is 449 g/mol. The van der Waals surface area contributed by atoms with E-state index in [1.165, 1.54) is 24.3 Å². The molecule has 152 valence electrons. The van der Waals surface area contributed by atoms with Crippen molar-refractivity contribution in [2.24, 2.45) is 5.16 Å². The summed E-state index contributed by atoms with van der Waals surface area (Å²) in [6, 6.07) is -0.759. The van der Waals surface area contributed by atoms with E-state index in [4.69, 9.17) is 16.4 Å². The number of hydrogen-bond acceptors (Lipinski definition) is 9. The number of oxime groups is 1. The van der Waals surface area contributed by atoms with Gasteiger partial charge in [-0.1, -0.05) is 5.16 Å². The Labute approximate surface area is 173 Å². The first-order valence-corrected chi connectivity index (χ1v) is 10.3. The van der Waals surface area contributed by atoms with Gasteiger partial charge in [0.25, 0.3) is 5.91 Å². The van der Waals surface area contributed by atoms with Gasteiger partial charge in [0.05, 0.1) is 0 Å². The molecule has 0 radical (unpaired) electrons. The van der Waals surface area contributed by atoms with Gasteiger partial charge in [0.1, 0.15) is 30.1 Å². The lowest BCUT2D eigenvalue weighted by Crippen LogP contribution is -2.68. The first-order valence-electron chi connectivity index (χ1n) is 7.82. The number of rotatable bonds is 11. The number of aromatic nitrogens is 1. The number of thioether (sulfide) groups is 1. The number of amides is 4. The van der Waals surface area contributed by atoms with Crippen molar-refractivity contribution in [2.45, 2.75) is 11.4 Å². The number of carbonyl (C=O) groups excluding carboxylic acids is 4. The Kier molecular flexibility index (Phi) is 8.47. The van der Waals surface area contributed by atoms with Crippen LogP contribution in [0.3, 0.4) is 0 Å². The number of hydrogen-bond donors (Lipinski definition) is 4. The number of carbonyl (C=O) groups is 4. The molecule has 11 nitrogen and oxygen atoms in total. The zero-order valence-corrected chi connectivity index (χ0v) is 16.9. The zero-order valence-electron chi connectivity index (χ0n) is 14.6. The largest absolute Gasteiger partial charge is 0.398 e. The summed E-state index contributed by atoms with van der Waals surface area (Å²) in [5.41, 5.74) is 0.0320. The van der Waals surface area contributed by atoms with Crippen molar-refractivity contribution >= 4 is 69.7 Å². The van der Waals surface area contributed by atoms with Crippen LogP contribution >= 0.6 is 34.7 Å². The number of thiazole rings is 1. The lowest BCUT2D eigenvalue weighted by Gasteiger charge is -2.36. The highest BCUT2D eigenvalue weighted by atomic mass is 35.5. The van der Waals surface area contributed by atoms with E-state index in [2.05, 4.69) is 31.4 Å². The predicted molar refractivity (Wildman–Crippen MR) is 105 cm³/mol. The van der Waals surface area contributed by atoms with Crippen LogP contribution in [-0.2, 0) is 24.0 Å². The molecular formula is C14H17ClN6O5S2.